The summed E-state index contributed by atoms with van der Waals surface area (Å²) in [5.41, 5.74) is 2.30. The van der Waals surface area contributed by atoms with Crippen molar-refractivity contribution in [3.05, 3.63) is 59.9 Å². The minimum atomic E-state index is -0.570. The fraction of sp³-hybridized carbons (Fsp3) is 0.375. The van der Waals surface area contributed by atoms with E-state index in [1.165, 1.54) is 16.5 Å². The summed E-state index contributed by atoms with van der Waals surface area (Å²) >= 11 is 4.40. The van der Waals surface area contributed by atoms with E-state index in [4.69, 9.17) is 14.9 Å². The zero-order valence-corrected chi connectivity index (χ0v) is 19.3. The number of piperazine rings is 1. The quantitative estimate of drug-likeness (QED) is 0.371. The first-order chi connectivity index (χ1) is 16.5. The SMILES string of the molecule is N=C(/C=N\[S-])OC[C@H]1CN(c2ccc(N3CC4CC3CN4Cc3ccccc3)c(F)c2)C(=O)O1. The number of fused-ring (bicyclic) bond motifs is 2. The molecule has 3 aliphatic rings. The molecule has 1 N–H and O–H groups in total. The van der Waals surface area contributed by atoms with Gasteiger partial charge in [0.1, 0.15) is 12.4 Å². The van der Waals surface area contributed by atoms with E-state index < -0.39 is 12.2 Å². The number of hydrogen-bond acceptors (Lipinski definition) is 8. The standard InChI is InChI=1S/C24H26FN5O3S/c25-21-9-17(30-14-20(33-24(30)31)15-32-23(26)10-27-34)6-7-22(21)29-13-18-8-19(29)12-28(18)11-16-4-2-1-3-5-16/h1-7,9-10,18-20,26,34H,8,11-15H2/p-1/b26-23?,27-10-/t18?,19?,20-/m1/s1. The summed E-state index contributed by atoms with van der Waals surface area (Å²) in [6, 6.07) is 16.0. The summed E-state index contributed by atoms with van der Waals surface area (Å²) in [6.45, 7) is 2.82. The number of halogens is 1. The Bertz CT molecular complexity index is 1100. The van der Waals surface area contributed by atoms with E-state index in [-0.39, 0.29) is 30.9 Å². The van der Waals surface area contributed by atoms with Crippen LogP contribution < -0.4 is 9.80 Å². The number of hydrogen-bond donors (Lipinski definition) is 1. The highest BCUT2D eigenvalue weighted by atomic mass is 32.1. The third-order valence-electron chi connectivity index (χ3n) is 6.60. The fourth-order valence-electron chi connectivity index (χ4n) is 5.04. The zero-order valence-electron chi connectivity index (χ0n) is 18.5. The van der Waals surface area contributed by atoms with Crippen LogP contribution in [0.3, 0.4) is 0 Å². The van der Waals surface area contributed by atoms with Crippen molar-refractivity contribution in [1.82, 2.24) is 4.90 Å². The number of carbonyl (C=O) groups excluding carboxylic acids is 1. The normalized spacial score (nSPS) is 24.3. The maximum absolute atomic E-state index is 15.2. The van der Waals surface area contributed by atoms with Gasteiger partial charge >= 0.3 is 6.09 Å². The average Bonchev–Trinajstić information content (AvgIpc) is 3.52. The van der Waals surface area contributed by atoms with E-state index in [0.717, 1.165) is 32.3 Å². The van der Waals surface area contributed by atoms with Crippen LogP contribution in [-0.2, 0) is 28.8 Å². The van der Waals surface area contributed by atoms with Crippen molar-refractivity contribution in [1.29, 1.82) is 5.41 Å². The van der Waals surface area contributed by atoms with Gasteiger partial charge in [-0.3, -0.25) is 15.2 Å². The van der Waals surface area contributed by atoms with E-state index in [1.807, 2.05) is 6.07 Å². The molecule has 0 radical (unpaired) electrons. The zero-order chi connectivity index (χ0) is 23.7. The van der Waals surface area contributed by atoms with Crippen molar-refractivity contribution in [3.63, 3.8) is 0 Å². The van der Waals surface area contributed by atoms with E-state index in [2.05, 4.69) is 51.3 Å². The number of nitrogens with zero attached hydrogens (tertiary/aromatic N) is 4. The molecule has 2 aromatic carbocycles. The summed E-state index contributed by atoms with van der Waals surface area (Å²) in [5, 5.41) is 7.51. The number of amides is 1. The van der Waals surface area contributed by atoms with Gasteiger partial charge in [0.2, 0.25) is 5.90 Å². The molecule has 0 aliphatic carbocycles. The van der Waals surface area contributed by atoms with Gasteiger partial charge in [-0.25, -0.2) is 9.18 Å². The summed E-state index contributed by atoms with van der Waals surface area (Å²) in [7, 11) is 0. The number of ether oxygens (including phenoxy) is 2. The lowest BCUT2D eigenvalue weighted by Crippen LogP contribution is -2.46. The molecule has 2 unspecified atom stereocenters. The molecule has 0 saturated carbocycles. The molecule has 2 bridgehead atoms. The lowest BCUT2D eigenvalue weighted by atomic mass is 10.1. The number of rotatable bonds is 7. The monoisotopic (exact) mass is 482 g/mol. The molecule has 3 atom stereocenters. The highest BCUT2D eigenvalue weighted by molar-refractivity contribution is 7.57. The lowest BCUT2D eigenvalue weighted by Gasteiger charge is -2.36. The van der Waals surface area contributed by atoms with Gasteiger partial charge in [0.15, 0.2) is 6.10 Å². The Morgan fingerprint density at radius 3 is 2.74 bits per heavy atom. The Kier molecular flexibility index (Phi) is 6.34. The van der Waals surface area contributed by atoms with Crippen LogP contribution in [0.1, 0.15) is 12.0 Å². The van der Waals surface area contributed by atoms with Crippen LogP contribution in [0.25, 0.3) is 0 Å². The Morgan fingerprint density at radius 1 is 1.21 bits per heavy atom. The molecule has 3 fully saturated rings. The van der Waals surface area contributed by atoms with Crippen LogP contribution in [0.15, 0.2) is 52.9 Å². The molecule has 10 heteroatoms. The van der Waals surface area contributed by atoms with Crippen molar-refractivity contribution in [3.8, 4) is 0 Å². The largest absolute Gasteiger partial charge is 0.669 e. The van der Waals surface area contributed by atoms with Crippen LogP contribution in [0.4, 0.5) is 20.6 Å². The van der Waals surface area contributed by atoms with E-state index in [0.29, 0.717) is 17.4 Å². The minimum Gasteiger partial charge on any atom is -0.669 e. The van der Waals surface area contributed by atoms with Gasteiger partial charge in [0, 0.05) is 31.7 Å². The van der Waals surface area contributed by atoms with Gasteiger partial charge < -0.3 is 31.6 Å². The number of cyclic esters (lactones) is 1. The highest BCUT2D eigenvalue weighted by Crippen LogP contribution is 2.37. The lowest BCUT2D eigenvalue weighted by molar-refractivity contribution is 0.102. The van der Waals surface area contributed by atoms with Crippen molar-refractivity contribution < 1.29 is 18.7 Å². The Labute approximate surface area is 203 Å². The molecule has 3 aliphatic heterocycles. The second kappa shape index (κ2) is 9.55. The molecule has 34 heavy (non-hydrogen) atoms. The molecule has 3 heterocycles. The van der Waals surface area contributed by atoms with Crippen molar-refractivity contribution >= 4 is 42.4 Å². The molecule has 178 valence electrons. The highest BCUT2D eigenvalue weighted by Gasteiger charge is 2.44. The Balaban J connectivity index is 1.20. The van der Waals surface area contributed by atoms with Crippen LogP contribution >= 0.6 is 0 Å². The minimum absolute atomic E-state index is 0.000675. The molecular formula is C24H25FN5O3S-. The third-order valence-corrected chi connectivity index (χ3v) is 6.71. The molecule has 2 aromatic rings. The van der Waals surface area contributed by atoms with Gasteiger partial charge in [0.05, 0.1) is 24.1 Å². The predicted molar refractivity (Wildman–Crippen MR) is 130 cm³/mol. The van der Waals surface area contributed by atoms with Crippen LogP contribution in [0.5, 0.6) is 0 Å². The van der Waals surface area contributed by atoms with E-state index in [9.17, 15) is 4.79 Å². The van der Waals surface area contributed by atoms with Crippen molar-refractivity contribution in [2.75, 3.05) is 36.0 Å². The number of nitrogens with one attached hydrogen (secondary N) is 1. The second-order valence-corrected chi connectivity index (χ2v) is 8.98. The van der Waals surface area contributed by atoms with Gasteiger partial charge in [-0.2, -0.15) is 0 Å². The molecule has 1 amide bonds. The third kappa shape index (κ3) is 4.55. The summed E-state index contributed by atoms with van der Waals surface area (Å²) in [4.78, 5) is 18.3. The van der Waals surface area contributed by atoms with Crippen LogP contribution in [-0.4, -0.2) is 67.5 Å². The number of likely N-dealkylation sites (tertiary alicyclic amines) is 1. The summed E-state index contributed by atoms with van der Waals surface area (Å²) in [6.07, 6.45) is 0.975. The van der Waals surface area contributed by atoms with Crippen LogP contribution in [0.2, 0.25) is 0 Å². The molecule has 0 aromatic heterocycles. The topological polar surface area (TPSA) is 81.5 Å². The number of benzene rings is 2. The molecule has 3 saturated heterocycles. The Morgan fingerprint density at radius 2 is 2.03 bits per heavy atom. The van der Waals surface area contributed by atoms with Gasteiger partial charge in [-0.1, -0.05) is 30.3 Å². The first-order valence-electron chi connectivity index (χ1n) is 11.2. The maximum Gasteiger partial charge on any atom is 0.414 e. The predicted octanol–water partition coefficient (Wildman–Crippen LogP) is 3.14. The molecule has 8 nitrogen and oxygen atoms in total. The van der Waals surface area contributed by atoms with Crippen molar-refractivity contribution in [2.45, 2.75) is 31.2 Å². The van der Waals surface area contributed by atoms with E-state index in [1.54, 1.807) is 12.1 Å². The van der Waals surface area contributed by atoms with Gasteiger partial charge in [-0.05, 0) is 30.2 Å². The summed E-state index contributed by atoms with van der Waals surface area (Å²) < 4.78 is 28.9. The van der Waals surface area contributed by atoms with Crippen molar-refractivity contribution in [2.24, 2.45) is 4.40 Å². The average molecular weight is 483 g/mol. The molecule has 5 rings (SSSR count). The maximum atomic E-state index is 15.2. The van der Waals surface area contributed by atoms with Crippen LogP contribution in [0, 0.1) is 11.2 Å². The molecular weight excluding hydrogens is 457 g/mol. The van der Waals surface area contributed by atoms with E-state index >= 15 is 4.39 Å². The number of carbonyl (C=O) groups is 1. The first kappa shape index (κ1) is 22.5. The van der Waals surface area contributed by atoms with Gasteiger partial charge in [0.25, 0.3) is 0 Å². The molecule has 0 spiro atoms. The first-order valence-corrected chi connectivity index (χ1v) is 11.6. The fourth-order valence-corrected chi connectivity index (χ4v) is 5.14. The second-order valence-electron chi connectivity index (χ2n) is 8.77. The smallest absolute Gasteiger partial charge is 0.414 e. The van der Waals surface area contributed by atoms with Gasteiger partial charge in [-0.15, -0.1) is 0 Å². The number of anilines is 2. The Hall–Kier alpha value is -3.24. The summed E-state index contributed by atoms with van der Waals surface area (Å²) in [5.74, 6) is -0.558.